The Balaban J connectivity index is 1.49. The van der Waals surface area contributed by atoms with E-state index in [0.29, 0.717) is 13.1 Å². The second-order valence-electron chi connectivity index (χ2n) is 9.11. The van der Waals surface area contributed by atoms with Crippen LogP contribution in [-0.2, 0) is 31.1 Å². The summed E-state index contributed by atoms with van der Waals surface area (Å²) in [5, 5.41) is 0. The molecule has 1 aromatic carbocycles. The maximum absolute atomic E-state index is 13.6. The van der Waals surface area contributed by atoms with Gasteiger partial charge in [0.1, 0.15) is 0 Å². The summed E-state index contributed by atoms with van der Waals surface area (Å²) in [7, 11) is 1.54. The molecular formula is C26H32N4O4. The van der Waals surface area contributed by atoms with Crippen LogP contribution in [-0.4, -0.2) is 83.8 Å². The van der Waals surface area contributed by atoms with E-state index in [1.807, 2.05) is 48.2 Å². The van der Waals surface area contributed by atoms with E-state index in [4.69, 9.17) is 4.74 Å². The predicted molar refractivity (Wildman–Crippen MR) is 127 cm³/mol. The molecule has 2 aromatic rings. The summed E-state index contributed by atoms with van der Waals surface area (Å²) in [4.78, 5) is 49.5. The number of piperazine rings is 1. The molecule has 3 heterocycles. The van der Waals surface area contributed by atoms with E-state index in [-0.39, 0.29) is 43.7 Å². The SMILES string of the molecule is COCCN1C(=O)C[C@@](CC(=O)N2CCN(Cc3ccncc3)CC2)(c2ccccc2C)C1=O. The van der Waals surface area contributed by atoms with E-state index in [0.717, 1.165) is 30.8 Å². The Morgan fingerprint density at radius 2 is 1.76 bits per heavy atom. The number of methoxy groups -OCH3 is 1. The van der Waals surface area contributed by atoms with Crippen molar-refractivity contribution < 1.29 is 19.1 Å². The maximum atomic E-state index is 13.6. The summed E-state index contributed by atoms with van der Waals surface area (Å²) in [6.45, 7) is 5.94. The number of carbonyl (C=O) groups is 3. The van der Waals surface area contributed by atoms with Gasteiger partial charge in [-0.3, -0.25) is 29.2 Å². The summed E-state index contributed by atoms with van der Waals surface area (Å²) < 4.78 is 5.10. The zero-order valence-electron chi connectivity index (χ0n) is 19.9. The van der Waals surface area contributed by atoms with Gasteiger partial charge >= 0.3 is 0 Å². The highest BCUT2D eigenvalue weighted by Gasteiger charge is 2.54. The van der Waals surface area contributed by atoms with Gasteiger partial charge in [-0.2, -0.15) is 0 Å². The lowest BCUT2D eigenvalue weighted by Gasteiger charge is -2.37. The second-order valence-corrected chi connectivity index (χ2v) is 9.11. The smallest absolute Gasteiger partial charge is 0.240 e. The van der Waals surface area contributed by atoms with Crippen LogP contribution in [0.4, 0.5) is 0 Å². The average Bonchev–Trinajstić information content (AvgIpc) is 3.08. The fourth-order valence-electron chi connectivity index (χ4n) is 5.03. The first kappa shape index (κ1) is 24.0. The van der Waals surface area contributed by atoms with Gasteiger partial charge in [0.2, 0.25) is 17.7 Å². The van der Waals surface area contributed by atoms with Crippen LogP contribution >= 0.6 is 0 Å². The number of pyridine rings is 1. The number of nitrogens with zero attached hydrogens (tertiary/aromatic N) is 4. The summed E-state index contributed by atoms with van der Waals surface area (Å²) in [5.74, 6) is -0.629. The molecule has 8 nitrogen and oxygen atoms in total. The number of hydrogen-bond acceptors (Lipinski definition) is 6. The molecular weight excluding hydrogens is 432 g/mol. The van der Waals surface area contributed by atoms with Crippen molar-refractivity contribution in [2.24, 2.45) is 0 Å². The predicted octanol–water partition coefficient (Wildman–Crippen LogP) is 1.77. The number of imide groups is 1. The third-order valence-electron chi connectivity index (χ3n) is 6.92. The molecule has 3 amide bonds. The molecule has 180 valence electrons. The molecule has 2 saturated heterocycles. The first-order valence-electron chi connectivity index (χ1n) is 11.7. The van der Waals surface area contributed by atoms with Gasteiger partial charge in [0.25, 0.3) is 0 Å². The van der Waals surface area contributed by atoms with Gasteiger partial charge in [-0.25, -0.2) is 0 Å². The molecule has 0 unspecified atom stereocenters. The third-order valence-corrected chi connectivity index (χ3v) is 6.92. The van der Waals surface area contributed by atoms with Crippen molar-refractivity contribution >= 4 is 17.7 Å². The molecule has 34 heavy (non-hydrogen) atoms. The lowest BCUT2D eigenvalue weighted by atomic mass is 9.74. The van der Waals surface area contributed by atoms with Gasteiger partial charge in [-0.05, 0) is 35.7 Å². The van der Waals surface area contributed by atoms with Crippen molar-refractivity contribution in [2.45, 2.75) is 31.7 Å². The second kappa shape index (κ2) is 10.4. The van der Waals surface area contributed by atoms with Crippen LogP contribution in [0.1, 0.15) is 29.5 Å². The molecule has 1 atom stereocenters. The van der Waals surface area contributed by atoms with E-state index in [2.05, 4.69) is 9.88 Å². The van der Waals surface area contributed by atoms with Crippen LogP contribution in [0.5, 0.6) is 0 Å². The summed E-state index contributed by atoms with van der Waals surface area (Å²) in [6, 6.07) is 11.6. The molecule has 0 N–H and O–H groups in total. The molecule has 0 radical (unpaired) electrons. The zero-order chi connectivity index (χ0) is 24.1. The summed E-state index contributed by atoms with van der Waals surface area (Å²) in [6.07, 6.45) is 3.58. The van der Waals surface area contributed by atoms with Crippen molar-refractivity contribution in [3.63, 3.8) is 0 Å². The quantitative estimate of drug-likeness (QED) is 0.554. The summed E-state index contributed by atoms with van der Waals surface area (Å²) >= 11 is 0. The minimum Gasteiger partial charge on any atom is -0.383 e. The normalized spacial score (nSPS) is 21.4. The molecule has 4 rings (SSSR count). The Bertz CT molecular complexity index is 1040. The molecule has 0 aliphatic carbocycles. The first-order valence-corrected chi connectivity index (χ1v) is 11.7. The van der Waals surface area contributed by atoms with Gasteiger partial charge in [0, 0.05) is 65.1 Å². The number of ether oxygens (including phenoxy) is 1. The number of hydrogen-bond donors (Lipinski definition) is 0. The molecule has 8 heteroatoms. The first-order chi connectivity index (χ1) is 16.4. The minimum atomic E-state index is -1.17. The highest BCUT2D eigenvalue weighted by molar-refractivity contribution is 6.11. The van der Waals surface area contributed by atoms with Crippen LogP contribution in [0, 0.1) is 6.92 Å². The summed E-state index contributed by atoms with van der Waals surface area (Å²) in [5.41, 5.74) is 1.70. The van der Waals surface area contributed by atoms with Crippen molar-refractivity contribution in [2.75, 3.05) is 46.4 Å². The molecule has 0 bridgehead atoms. The lowest BCUT2D eigenvalue weighted by Crippen LogP contribution is -2.50. The zero-order valence-corrected chi connectivity index (χ0v) is 19.9. The van der Waals surface area contributed by atoms with Crippen LogP contribution in [0.25, 0.3) is 0 Å². The average molecular weight is 465 g/mol. The van der Waals surface area contributed by atoms with Gasteiger partial charge in [0.05, 0.1) is 18.6 Å². The monoisotopic (exact) mass is 464 g/mol. The van der Waals surface area contributed by atoms with Gasteiger partial charge in [-0.15, -0.1) is 0 Å². The molecule has 0 spiro atoms. The topological polar surface area (TPSA) is 83.1 Å². The van der Waals surface area contributed by atoms with Crippen LogP contribution in [0.2, 0.25) is 0 Å². The van der Waals surface area contributed by atoms with Crippen LogP contribution in [0.15, 0.2) is 48.8 Å². The molecule has 2 fully saturated rings. The van der Waals surface area contributed by atoms with E-state index >= 15 is 0 Å². The fourth-order valence-corrected chi connectivity index (χ4v) is 5.03. The number of amides is 3. The number of aromatic nitrogens is 1. The fraction of sp³-hybridized carbons (Fsp3) is 0.462. The minimum absolute atomic E-state index is 0.00371. The Morgan fingerprint density at radius 3 is 2.44 bits per heavy atom. The maximum Gasteiger partial charge on any atom is 0.240 e. The van der Waals surface area contributed by atoms with Gasteiger partial charge < -0.3 is 9.64 Å². The number of rotatable bonds is 8. The number of carbonyl (C=O) groups excluding carboxylic acids is 3. The number of benzene rings is 1. The van der Waals surface area contributed by atoms with Gasteiger partial charge in [0.15, 0.2) is 0 Å². The Hall–Kier alpha value is -3.10. The van der Waals surface area contributed by atoms with E-state index in [1.54, 1.807) is 12.4 Å². The van der Waals surface area contributed by atoms with Crippen molar-refractivity contribution in [1.29, 1.82) is 0 Å². The molecule has 2 aliphatic heterocycles. The van der Waals surface area contributed by atoms with E-state index < -0.39 is 5.41 Å². The Morgan fingerprint density at radius 1 is 1.06 bits per heavy atom. The lowest BCUT2D eigenvalue weighted by molar-refractivity contribution is -0.143. The Labute approximate surface area is 200 Å². The van der Waals surface area contributed by atoms with Crippen molar-refractivity contribution in [3.8, 4) is 0 Å². The van der Waals surface area contributed by atoms with Gasteiger partial charge in [-0.1, -0.05) is 24.3 Å². The van der Waals surface area contributed by atoms with Crippen molar-refractivity contribution in [3.05, 3.63) is 65.5 Å². The highest BCUT2D eigenvalue weighted by atomic mass is 16.5. The van der Waals surface area contributed by atoms with Crippen molar-refractivity contribution in [1.82, 2.24) is 19.7 Å². The molecule has 0 saturated carbocycles. The van der Waals surface area contributed by atoms with Crippen LogP contribution < -0.4 is 0 Å². The van der Waals surface area contributed by atoms with Crippen LogP contribution in [0.3, 0.4) is 0 Å². The van der Waals surface area contributed by atoms with E-state index in [9.17, 15) is 14.4 Å². The van der Waals surface area contributed by atoms with E-state index in [1.165, 1.54) is 17.6 Å². The molecule has 1 aromatic heterocycles. The highest BCUT2D eigenvalue weighted by Crippen LogP contribution is 2.41. The number of likely N-dealkylation sites (tertiary alicyclic amines) is 1. The molecule has 2 aliphatic rings. The third kappa shape index (κ3) is 4.88. The Kier molecular flexibility index (Phi) is 7.38. The standard InChI is InChI=1S/C26H32N4O4/c1-20-5-3-4-6-22(20)26(18-24(32)30(25(26)33)15-16-34-2)17-23(31)29-13-11-28(12-14-29)19-21-7-9-27-10-8-21/h3-10H,11-19H2,1-2H3/t26-/m0/s1. The number of aryl methyl sites for hydroxylation is 1. The largest absolute Gasteiger partial charge is 0.383 e.